The number of anilines is 2. The summed E-state index contributed by atoms with van der Waals surface area (Å²) in [5, 5.41) is 6.84. The Bertz CT molecular complexity index is 593. The van der Waals surface area contributed by atoms with Crippen molar-refractivity contribution in [3.05, 3.63) is 36.4 Å². The molecule has 1 heterocycles. The van der Waals surface area contributed by atoms with Gasteiger partial charge in [-0.05, 0) is 19.3 Å². The molecule has 0 unspecified atom stereocenters. The molecule has 0 atom stereocenters. The van der Waals surface area contributed by atoms with E-state index >= 15 is 0 Å². The van der Waals surface area contributed by atoms with Gasteiger partial charge in [0.25, 0.3) is 0 Å². The molecule has 1 saturated carbocycles. The van der Waals surface area contributed by atoms with Gasteiger partial charge in [0.05, 0.1) is 5.69 Å². The summed E-state index contributed by atoms with van der Waals surface area (Å²) in [6.07, 6.45) is 6.09. The molecular weight excluding hydrogens is 272 g/mol. The molecule has 2 N–H and O–H groups in total. The first-order chi connectivity index (χ1) is 10.8. The van der Waals surface area contributed by atoms with E-state index in [1.54, 1.807) is 0 Å². The first-order valence-electron chi connectivity index (χ1n) is 8.30. The predicted molar refractivity (Wildman–Crippen MR) is 92.1 cm³/mol. The van der Waals surface area contributed by atoms with Crippen LogP contribution in [0.4, 0.5) is 11.8 Å². The van der Waals surface area contributed by atoms with Crippen molar-refractivity contribution in [2.75, 3.05) is 17.2 Å². The summed E-state index contributed by atoms with van der Waals surface area (Å²) < 4.78 is 0. The molecule has 0 bridgehead atoms. The second kappa shape index (κ2) is 7.25. The fourth-order valence-electron chi connectivity index (χ4n) is 2.37. The molecule has 116 valence electrons. The van der Waals surface area contributed by atoms with Gasteiger partial charge >= 0.3 is 0 Å². The van der Waals surface area contributed by atoms with Gasteiger partial charge in [0.1, 0.15) is 5.82 Å². The molecule has 2 aromatic rings. The standard InChI is InChI=1S/C18H24N4/c1-2-3-7-12-19-18-21-16(14-8-5-4-6-9-14)13-17(22-18)20-15-10-11-15/h4-6,8-9,13,15H,2-3,7,10-12H2,1H3,(H2,19,20,21,22). The van der Waals surface area contributed by atoms with Gasteiger partial charge in [0.2, 0.25) is 5.95 Å². The van der Waals surface area contributed by atoms with E-state index in [0.717, 1.165) is 36.0 Å². The summed E-state index contributed by atoms with van der Waals surface area (Å²) in [6.45, 7) is 3.14. The van der Waals surface area contributed by atoms with E-state index in [9.17, 15) is 0 Å². The van der Waals surface area contributed by atoms with E-state index in [4.69, 9.17) is 0 Å². The molecule has 4 nitrogen and oxygen atoms in total. The molecule has 0 saturated heterocycles. The van der Waals surface area contributed by atoms with Crippen LogP contribution in [0.15, 0.2) is 36.4 Å². The first kappa shape index (κ1) is 14.8. The number of unbranched alkanes of at least 4 members (excludes halogenated alkanes) is 2. The Labute approximate surface area is 132 Å². The molecule has 4 heteroatoms. The van der Waals surface area contributed by atoms with Crippen molar-refractivity contribution in [1.29, 1.82) is 0 Å². The van der Waals surface area contributed by atoms with Gasteiger partial charge < -0.3 is 10.6 Å². The minimum atomic E-state index is 0.589. The average molecular weight is 296 g/mol. The molecule has 0 amide bonds. The third-order valence-corrected chi connectivity index (χ3v) is 3.79. The lowest BCUT2D eigenvalue weighted by atomic mass is 10.1. The minimum absolute atomic E-state index is 0.589. The van der Waals surface area contributed by atoms with Crippen molar-refractivity contribution < 1.29 is 0 Å². The van der Waals surface area contributed by atoms with Gasteiger partial charge in [0, 0.05) is 24.2 Å². The highest BCUT2D eigenvalue weighted by molar-refractivity contribution is 5.64. The van der Waals surface area contributed by atoms with Gasteiger partial charge in [-0.1, -0.05) is 50.1 Å². The zero-order valence-corrected chi connectivity index (χ0v) is 13.2. The normalized spacial score (nSPS) is 13.9. The van der Waals surface area contributed by atoms with Gasteiger partial charge in [-0.3, -0.25) is 0 Å². The zero-order valence-electron chi connectivity index (χ0n) is 13.2. The Morgan fingerprint density at radius 1 is 1.09 bits per heavy atom. The third-order valence-electron chi connectivity index (χ3n) is 3.79. The fourth-order valence-corrected chi connectivity index (χ4v) is 2.37. The summed E-state index contributed by atoms with van der Waals surface area (Å²) in [5.74, 6) is 1.65. The lowest BCUT2D eigenvalue weighted by Gasteiger charge is -2.11. The number of nitrogens with one attached hydrogen (secondary N) is 2. The third kappa shape index (κ3) is 4.20. The van der Waals surface area contributed by atoms with Crippen molar-refractivity contribution >= 4 is 11.8 Å². The van der Waals surface area contributed by atoms with Crippen LogP contribution in [0.3, 0.4) is 0 Å². The molecule has 1 aromatic carbocycles. The maximum atomic E-state index is 4.67. The Morgan fingerprint density at radius 3 is 2.64 bits per heavy atom. The average Bonchev–Trinajstić information content (AvgIpc) is 3.36. The monoisotopic (exact) mass is 296 g/mol. The van der Waals surface area contributed by atoms with E-state index in [1.807, 2.05) is 24.3 Å². The summed E-state index contributed by atoms with van der Waals surface area (Å²) in [5.41, 5.74) is 2.09. The first-order valence-corrected chi connectivity index (χ1v) is 8.30. The van der Waals surface area contributed by atoms with Crippen LogP contribution >= 0.6 is 0 Å². The van der Waals surface area contributed by atoms with Crippen LogP contribution in [0.2, 0.25) is 0 Å². The van der Waals surface area contributed by atoms with Gasteiger partial charge in [-0.2, -0.15) is 4.98 Å². The highest BCUT2D eigenvalue weighted by Gasteiger charge is 2.22. The molecule has 0 spiro atoms. The molecule has 1 aromatic heterocycles. The molecular formula is C18H24N4. The maximum absolute atomic E-state index is 4.67. The number of aromatic nitrogens is 2. The summed E-state index contributed by atoms with van der Waals surface area (Å²) in [4.78, 5) is 9.27. The van der Waals surface area contributed by atoms with E-state index in [-0.39, 0.29) is 0 Å². The molecule has 22 heavy (non-hydrogen) atoms. The summed E-state index contributed by atoms with van der Waals surface area (Å²) in [6, 6.07) is 12.9. The quantitative estimate of drug-likeness (QED) is 0.712. The molecule has 1 aliphatic rings. The van der Waals surface area contributed by atoms with Crippen molar-refractivity contribution in [3.63, 3.8) is 0 Å². The molecule has 0 radical (unpaired) electrons. The van der Waals surface area contributed by atoms with Crippen molar-refractivity contribution in [1.82, 2.24) is 9.97 Å². The number of benzene rings is 1. The van der Waals surface area contributed by atoms with Crippen LogP contribution in [0.5, 0.6) is 0 Å². The SMILES string of the molecule is CCCCCNc1nc(NC2CC2)cc(-c2ccccc2)n1. The summed E-state index contributed by atoms with van der Waals surface area (Å²) >= 11 is 0. The van der Waals surface area contributed by atoms with Crippen LogP contribution in [-0.4, -0.2) is 22.6 Å². The second-order valence-corrected chi connectivity index (χ2v) is 5.88. The van der Waals surface area contributed by atoms with Gasteiger partial charge in [-0.15, -0.1) is 0 Å². The van der Waals surface area contributed by atoms with E-state index < -0.39 is 0 Å². The van der Waals surface area contributed by atoms with Crippen LogP contribution in [0.25, 0.3) is 11.3 Å². The van der Waals surface area contributed by atoms with Crippen molar-refractivity contribution in [2.24, 2.45) is 0 Å². The highest BCUT2D eigenvalue weighted by Crippen LogP contribution is 2.27. The molecule has 3 rings (SSSR count). The molecule has 1 aliphatic carbocycles. The van der Waals surface area contributed by atoms with E-state index in [0.29, 0.717) is 6.04 Å². The lowest BCUT2D eigenvalue weighted by molar-refractivity contribution is 0.740. The number of hydrogen-bond acceptors (Lipinski definition) is 4. The van der Waals surface area contributed by atoms with Crippen LogP contribution < -0.4 is 10.6 Å². The lowest BCUT2D eigenvalue weighted by Crippen LogP contribution is -2.09. The number of hydrogen-bond donors (Lipinski definition) is 2. The van der Waals surface area contributed by atoms with Crippen LogP contribution in [0, 0.1) is 0 Å². The predicted octanol–water partition coefficient (Wildman–Crippen LogP) is 4.32. The van der Waals surface area contributed by atoms with E-state index in [2.05, 4.69) is 39.7 Å². The maximum Gasteiger partial charge on any atom is 0.225 e. The fraction of sp³-hybridized carbons (Fsp3) is 0.444. The topological polar surface area (TPSA) is 49.8 Å². The van der Waals surface area contributed by atoms with Crippen molar-refractivity contribution in [3.8, 4) is 11.3 Å². The molecule has 0 aliphatic heterocycles. The van der Waals surface area contributed by atoms with Crippen LogP contribution in [-0.2, 0) is 0 Å². The Kier molecular flexibility index (Phi) is 4.88. The Hall–Kier alpha value is -2.10. The Morgan fingerprint density at radius 2 is 1.91 bits per heavy atom. The van der Waals surface area contributed by atoms with Crippen molar-refractivity contribution in [2.45, 2.75) is 45.1 Å². The molecule has 1 fully saturated rings. The van der Waals surface area contributed by atoms with E-state index in [1.165, 1.54) is 25.7 Å². The largest absolute Gasteiger partial charge is 0.367 e. The van der Waals surface area contributed by atoms with Gasteiger partial charge in [-0.25, -0.2) is 4.98 Å². The van der Waals surface area contributed by atoms with Gasteiger partial charge in [0.15, 0.2) is 0 Å². The summed E-state index contributed by atoms with van der Waals surface area (Å²) in [7, 11) is 0. The van der Waals surface area contributed by atoms with Crippen LogP contribution in [0.1, 0.15) is 39.0 Å². The minimum Gasteiger partial charge on any atom is -0.367 e. The number of rotatable bonds is 8. The highest BCUT2D eigenvalue weighted by atomic mass is 15.2. The second-order valence-electron chi connectivity index (χ2n) is 5.88. The Balaban J connectivity index is 1.78. The zero-order chi connectivity index (χ0) is 15.2. The number of nitrogens with zero attached hydrogens (tertiary/aromatic N) is 2. The smallest absolute Gasteiger partial charge is 0.225 e.